The lowest BCUT2D eigenvalue weighted by Gasteiger charge is -2.20. The third kappa shape index (κ3) is 2.55. The second kappa shape index (κ2) is 5.04. The van der Waals surface area contributed by atoms with Crippen LogP contribution in [0.3, 0.4) is 0 Å². The Bertz CT molecular complexity index is 680. The summed E-state index contributed by atoms with van der Waals surface area (Å²) >= 11 is 1.32. The van der Waals surface area contributed by atoms with Crippen LogP contribution in [0.4, 0.5) is 11.4 Å². The molecule has 2 N–H and O–H groups in total. The number of carboxylic acids is 1. The number of nitro benzene ring substituents is 1. The van der Waals surface area contributed by atoms with E-state index in [2.05, 4.69) is 10.3 Å². The van der Waals surface area contributed by atoms with Crippen molar-refractivity contribution < 1.29 is 14.8 Å². The molecule has 0 spiro atoms. The van der Waals surface area contributed by atoms with E-state index in [4.69, 9.17) is 5.11 Å². The van der Waals surface area contributed by atoms with Crippen LogP contribution in [0.25, 0.3) is 10.2 Å². The molecule has 20 heavy (non-hydrogen) atoms. The monoisotopic (exact) mass is 295 g/mol. The average Bonchev–Trinajstić information content (AvgIpc) is 2.83. The van der Waals surface area contributed by atoms with Crippen LogP contribution in [0.15, 0.2) is 17.6 Å². The largest absolute Gasteiger partial charge is 0.481 e. The van der Waals surface area contributed by atoms with E-state index in [1.54, 1.807) is 31.5 Å². The molecule has 0 aliphatic carbocycles. The SMILES string of the molecule is CC(C)(CNc1ccc2scnc2c1[N+](=O)[O-])C(=O)O. The number of rotatable bonds is 5. The second-order valence-electron chi connectivity index (χ2n) is 4.96. The molecule has 106 valence electrons. The lowest BCUT2D eigenvalue weighted by molar-refractivity contribution is -0.382. The summed E-state index contributed by atoms with van der Waals surface area (Å²) < 4.78 is 0.722. The first-order valence-corrected chi connectivity index (χ1v) is 6.69. The first-order valence-electron chi connectivity index (χ1n) is 5.81. The van der Waals surface area contributed by atoms with Gasteiger partial charge in [-0.25, -0.2) is 4.98 Å². The summed E-state index contributed by atoms with van der Waals surface area (Å²) in [6.45, 7) is 3.18. The molecule has 0 amide bonds. The predicted molar refractivity (Wildman–Crippen MR) is 76.2 cm³/mol. The molecule has 0 atom stereocenters. The third-order valence-corrected chi connectivity index (χ3v) is 3.75. The summed E-state index contributed by atoms with van der Waals surface area (Å²) in [7, 11) is 0. The average molecular weight is 295 g/mol. The highest BCUT2D eigenvalue weighted by Gasteiger charge is 2.28. The maximum Gasteiger partial charge on any atom is 0.319 e. The fraction of sp³-hybridized carbons (Fsp3) is 0.333. The number of benzene rings is 1. The Balaban J connectivity index is 2.37. The lowest BCUT2D eigenvalue weighted by Crippen LogP contribution is -2.31. The van der Waals surface area contributed by atoms with Crippen molar-refractivity contribution in [1.82, 2.24) is 4.98 Å². The Morgan fingerprint density at radius 2 is 2.25 bits per heavy atom. The van der Waals surface area contributed by atoms with E-state index in [0.717, 1.165) is 4.70 Å². The van der Waals surface area contributed by atoms with Gasteiger partial charge < -0.3 is 10.4 Å². The van der Waals surface area contributed by atoms with E-state index >= 15 is 0 Å². The minimum atomic E-state index is -1.02. The molecule has 2 aromatic rings. The summed E-state index contributed by atoms with van der Waals surface area (Å²) in [6, 6.07) is 3.31. The van der Waals surface area contributed by atoms with Gasteiger partial charge in [0.05, 0.1) is 20.5 Å². The van der Waals surface area contributed by atoms with Crippen molar-refractivity contribution in [2.75, 3.05) is 11.9 Å². The summed E-state index contributed by atoms with van der Waals surface area (Å²) in [5, 5.41) is 23.1. The number of aliphatic carboxylic acids is 1. The zero-order valence-corrected chi connectivity index (χ0v) is 11.7. The van der Waals surface area contributed by atoms with Gasteiger partial charge in [0.15, 0.2) is 5.52 Å². The van der Waals surface area contributed by atoms with E-state index in [1.165, 1.54) is 11.3 Å². The van der Waals surface area contributed by atoms with Crippen molar-refractivity contribution in [1.29, 1.82) is 0 Å². The first-order chi connectivity index (χ1) is 9.33. The predicted octanol–water partition coefficient (Wildman–Crippen LogP) is 2.73. The zero-order valence-electron chi connectivity index (χ0n) is 10.9. The topological polar surface area (TPSA) is 105 Å². The number of carboxylic acid groups (broad SMARTS) is 1. The molecule has 0 unspecified atom stereocenters. The number of aromatic nitrogens is 1. The van der Waals surface area contributed by atoms with Gasteiger partial charge in [0.1, 0.15) is 5.69 Å². The molecule has 8 heteroatoms. The summed E-state index contributed by atoms with van der Waals surface area (Å²) in [6.07, 6.45) is 0. The Hall–Kier alpha value is -2.22. The van der Waals surface area contributed by atoms with Gasteiger partial charge in [0, 0.05) is 6.54 Å². The Morgan fingerprint density at radius 1 is 1.55 bits per heavy atom. The summed E-state index contributed by atoms with van der Waals surface area (Å²) in [5.74, 6) is -0.970. The number of nitrogens with zero attached hydrogens (tertiary/aromatic N) is 2. The minimum absolute atomic E-state index is 0.0822. The molecule has 7 nitrogen and oxygen atoms in total. The van der Waals surface area contributed by atoms with Gasteiger partial charge in [-0.15, -0.1) is 11.3 Å². The molecule has 0 saturated carbocycles. The van der Waals surface area contributed by atoms with Crippen LogP contribution in [0.1, 0.15) is 13.8 Å². The number of thiazole rings is 1. The molecule has 2 rings (SSSR count). The number of fused-ring (bicyclic) bond motifs is 1. The standard InChI is InChI=1S/C12H13N3O4S/c1-12(2,11(16)17)5-13-7-3-4-8-9(14-6-20-8)10(7)15(18)19/h3-4,6,13H,5H2,1-2H3,(H,16,17). The number of nitrogens with one attached hydrogen (secondary N) is 1. The van der Waals surface area contributed by atoms with Gasteiger partial charge in [-0.2, -0.15) is 0 Å². The van der Waals surface area contributed by atoms with Crippen LogP contribution >= 0.6 is 11.3 Å². The molecular weight excluding hydrogens is 282 g/mol. The van der Waals surface area contributed by atoms with E-state index in [1.807, 2.05) is 0 Å². The van der Waals surface area contributed by atoms with Gasteiger partial charge in [0.25, 0.3) is 0 Å². The molecule has 0 saturated heterocycles. The van der Waals surface area contributed by atoms with Gasteiger partial charge >= 0.3 is 11.7 Å². The van der Waals surface area contributed by atoms with Gasteiger partial charge in [-0.1, -0.05) is 0 Å². The van der Waals surface area contributed by atoms with Crippen molar-refractivity contribution in [3.63, 3.8) is 0 Å². The summed E-state index contributed by atoms with van der Waals surface area (Å²) in [4.78, 5) is 25.8. The van der Waals surface area contributed by atoms with Crippen molar-refractivity contribution in [2.24, 2.45) is 5.41 Å². The number of anilines is 1. The fourth-order valence-electron chi connectivity index (χ4n) is 1.64. The molecule has 0 radical (unpaired) electrons. The molecular formula is C12H13N3O4S. The first kappa shape index (κ1) is 14.2. The van der Waals surface area contributed by atoms with Crippen molar-refractivity contribution in [3.05, 3.63) is 27.8 Å². The normalized spacial score (nSPS) is 11.5. The summed E-state index contributed by atoms with van der Waals surface area (Å²) in [5.41, 5.74) is 0.999. The molecule has 1 aromatic carbocycles. The fourth-order valence-corrected chi connectivity index (χ4v) is 2.32. The Kier molecular flexibility index (Phi) is 3.58. The van der Waals surface area contributed by atoms with Gasteiger partial charge in [-0.05, 0) is 26.0 Å². The van der Waals surface area contributed by atoms with E-state index in [-0.39, 0.29) is 17.9 Å². The maximum atomic E-state index is 11.2. The number of nitro groups is 1. The molecule has 1 heterocycles. The van der Waals surface area contributed by atoms with Crippen LogP contribution in [0, 0.1) is 15.5 Å². The van der Waals surface area contributed by atoms with Gasteiger partial charge in [0.2, 0.25) is 0 Å². The molecule has 1 aromatic heterocycles. The van der Waals surface area contributed by atoms with Crippen LogP contribution in [-0.4, -0.2) is 27.5 Å². The smallest absolute Gasteiger partial charge is 0.319 e. The van der Waals surface area contributed by atoms with E-state index in [9.17, 15) is 14.9 Å². The maximum absolute atomic E-state index is 11.2. The Morgan fingerprint density at radius 3 is 2.85 bits per heavy atom. The third-order valence-electron chi connectivity index (χ3n) is 2.96. The van der Waals surface area contributed by atoms with Crippen LogP contribution in [0.2, 0.25) is 0 Å². The Labute approximate surface area is 118 Å². The minimum Gasteiger partial charge on any atom is -0.481 e. The molecule has 0 aliphatic heterocycles. The lowest BCUT2D eigenvalue weighted by atomic mass is 9.94. The van der Waals surface area contributed by atoms with E-state index in [0.29, 0.717) is 5.52 Å². The van der Waals surface area contributed by atoms with Crippen LogP contribution in [-0.2, 0) is 4.79 Å². The highest BCUT2D eigenvalue weighted by atomic mass is 32.1. The quantitative estimate of drug-likeness (QED) is 0.649. The number of carbonyl (C=O) groups is 1. The van der Waals surface area contributed by atoms with Crippen molar-refractivity contribution >= 4 is 38.9 Å². The van der Waals surface area contributed by atoms with Crippen LogP contribution in [0.5, 0.6) is 0 Å². The highest BCUT2D eigenvalue weighted by Crippen LogP contribution is 2.34. The second-order valence-corrected chi connectivity index (χ2v) is 5.85. The van der Waals surface area contributed by atoms with Gasteiger partial charge in [-0.3, -0.25) is 14.9 Å². The van der Waals surface area contributed by atoms with E-state index < -0.39 is 16.3 Å². The highest BCUT2D eigenvalue weighted by molar-refractivity contribution is 7.16. The van der Waals surface area contributed by atoms with Crippen molar-refractivity contribution in [3.8, 4) is 0 Å². The molecule has 0 aliphatic rings. The number of hydrogen-bond donors (Lipinski definition) is 2. The van der Waals surface area contributed by atoms with Crippen LogP contribution < -0.4 is 5.32 Å². The molecule has 0 fully saturated rings. The number of hydrogen-bond acceptors (Lipinski definition) is 6. The molecule has 0 bridgehead atoms. The zero-order chi connectivity index (χ0) is 14.9. The van der Waals surface area contributed by atoms with Crippen molar-refractivity contribution in [2.45, 2.75) is 13.8 Å².